The Morgan fingerprint density at radius 1 is 1.44 bits per heavy atom. The van der Waals surface area contributed by atoms with E-state index in [2.05, 4.69) is 14.8 Å². The Kier molecular flexibility index (Phi) is 3.08. The van der Waals surface area contributed by atoms with Crippen molar-refractivity contribution in [2.24, 2.45) is 11.7 Å². The van der Waals surface area contributed by atoms with Crippen molar-refractivity contribution in [2.75, 3.05) is 11.9 Å². The highest BCUT2D eigenvalue weighted by atomic mass is 19.3. The maximum absolute atomic E-state index is 12.8. The summed E-state index contributed by atoms with van der Waals surface area (Å²) in [4.78, 5) is 11.6. The van der Waals surface area contributed by atoms with Crippen molar-refractivity contribution in [3.63, 3.8) is 0 Å². The largest absolute Gasteiger partial charge is 0.586 e. The van der Waals surface area contributed by atoms with Gasteiger partial charge in [0.2, 0.25) is 5.91 Å². The molecule has 1 heterocycles. The van der Waals surface area contributed by atoms with E-state index >= 15 is 0 Å². The van der Waals surface area contributed by atoms with Crippen molar-refractivity contribution >= 4 is 11.6 Å². The molecule has 0 bridgehead atoms. The van der Waals surface area contributed by atoms with E-state index in [0.29, 0.717) is 5.69 Å². The number of benzene rings is 1. The molecule has 1 aliphatic heterocycles. The number of halogens is 2. The van der Waals surface area contributed by atoms with Crippen LogP contribution in [0.15, 0.2) is 18.2 Å². The SMILES string of the molecule is CC(CN)C(=O)Nc1ccc2c(c1)OC(F)(F)O2. The third kappa shape index (κ3) is 2.51. The molecule has 0 fully saturated rings. The van der Waals surface area contributed by atoms with Crippen LogP contribution in [-0.2, 0) is 4.79 Å². The van der Waals surface area contributed by atoms with Crippen LogP contribution < -0.4 is 20.5 Å². The molecule has 7 heteroatoms. The van der Waals surface area contributed by atoms with Gasteiger partial charge in [0.15, 0.2) is 11.5 Å². The average Bonchev–Trinajstić information content (AvgIpc) is 2.61. The van der Waals surface area contributed by atoms with Gasteiger partial charge in [0.1, 0.15) is 0 Å². The fourth-order valence-corrected chi connectivity index (χ4v) is 1.40. The molecule has 0 aromatic heterocycles. The lowest BCUT2D eigenvalue weighted by molar-refractivity contribution is -0.286. The Labute approximate surface area is 102 Å². The maximum Gasteiger partial charge on any atom is 0.586 e. The van der Waals surface area contributed by atoms with Crippen LogP contribution in [0.4, 0.5) is 14.5 Å². The predicted molar refractivity (Wildman–Crippen MR) is 59.5 cm³/mol. The van der Waals surface area contributed by atoms with Crippen LogP contribution in [-0.4, -0.2) is 18.7 Å². The zero-order chi connectivity index (χ0) is 13.3. The summed E-state index contributed by atoms with van der Waals surface area (Å²) in [6.45, 7) is 1.87. The zero-order valence-electron chi connectivity index (χ0n) is 9.57. The van der Waals surface area contributed by atoms with E-state index in [1.165, 1.54) is 18.2 Å². The molecule has 3 N–H and O–H groups in total. The van der Waals surface area contributed by atoms with Crippen LogP contribution in [0.5, 0.6) is 11.5 Å². The monoisotopic (exact) mass is 258 g/mol. The Balaban J connectivity index is 2.12. The van der Waals surface area contributed by atoms with Gasteiger partial charge >= 0.3 is 6.29 Å². The molecule has 0 saturated carbocycles. The maximum atomic E-state index is 12.8. The summed E-state index contributed by atoms with van der Waals surface area (Å²) in [7, 11) is 0. The first-order chi connectivity index (χ1) is 8.41. The van der Waals surface area contributed by atoms with Crippen molar-refractivity contribution in [2.45, 2.75) is 13.2 Å². The number of alkyl halides is 2. The van der Waals surface area contributed by atoms with Gasteiger partial charge in [-0.1, -0.05) is 6.92 Å². The fraction of sp³-hybridized carbons (Fsp3) is 0.364. The molecule has 0 spiro atoms. The number of hydrogen-bond acceptors (Lipinski definition) is 4. The molecule has 2 rings (SSSR count). The second kappa shape index (κ2) is 4.41. The van der Waals surface area contributed by atoms with Crippen molar-refractivity contribution in [1.29, 1.82) is 0 Å². The summed E-state index contributed by atoms with van der Waals surface area (Å²) in [5.41, 5.74) is 5.70. The number of carbonyl (C=O) groups excluding carboxylic acids is 1. The molecular weight excluding hydrogens is 246 g/mol. The Morgan fingerprint density at radius 2 is 2.11 bits per heavy atom. The highest BCUT2D eigenvalue weighted by Crippen LogP contribution is 2.42. The van der Waals surface area contributed by atoms with Crippen LogP contribution in [0.3, 0.4) is 0 Å². The number of ether oxygens (including phenoxy) is 2. The third-order valence-corrected chi connectivity index (χ3v) is 2.47. The molecule has 1 atom stereocenters. The van der Waals surface area contributed by atoms with Gasteiger partial charge in [0.25, 0.3) is 0 Å². The fourth-order valence-electron chi connectivity index (χ4n) is 1.40. The molecular formula is C11H12F2N2O3. The summed E-state index contributed by atoms with van der Waals surface area (Å²) >= 11 is 0. The molecule has 0 aliphatic carbocycles. The molecule has 1 aliphatic rings. The van der Waals surface area contributed by atoms with E-state index in [1.807, 2.05) is 0 Å². The van der Waals surface area contributed by atoms with E-state index < -0.39 is 6.29 Å². The molecule has 0 saturated heterocycles. The first-order valence-corrected chi connectivity index (χ1v) is 5.32. The van der Waals surface area contributed by atoms with Crippen LogP contribution >= 0.6 is 0 Å². The molecule has 1 aromatic rings. The molecule has 18 heavy (non-hydrogen) atoms. The lowest BCUT2D eigenvalue weighted by atomic mass is 10.1. The lowest BCUT2D eigenvalue weighted by Gasteiger charge is -2.10. The Bertz CT molecular complexity index is 479. The predicted octanol–water partition coefficient (Wildman–Crippen LogP) is 1.54. The Hall–Kier alpha value is -1.89. The van der Waals surface area contributed by atoms with E-state index in [1.54, 1.807) is 6.92 Å². The average molecular weight is 258 g/mol. The number of rotatable bonds is 3. The topological polar surface area (TPSA) is 73.6 Å². The minimum Gasteiger partial charge on any atom is -0.395 e. The van der Waals surface area contributed by atoms with Gasteiger partial charge in [0.05, 0.1) is 0 Å². The summed E-state index contributed by atoms with van der Waals surface area (Å²) < 4.78 is 34.0. The minimum absolute atomic E-state index is 0.0649. The normalized spacial score (nSPS) is 17.3. The summed E-state index contributed by atoms with van der Waals surface area (Å²) in [5.74, 6) is -0.830. The highest BCUT2D eigenvalue weighted by Gasteiger charge is 2.43. The van der Waals surface area contributed by atoms with Crippen molar-refractivity contribution in [1.82, 2.24) is 0 Å². The molecule has 0 radical (unpaired) electrons. The van der Waals surface area contributed by atoms with Gasteiger partial charge in [-0.3, -0.25) is 4.79 Å². The minimum atomic E-state index is -3.66. The van der Waals surface area contributed by atoms with Crippen molar-refractivity contribution < 1.29 is 23.0 Å². The summed E-state index contributed by atoms with van der Waals surface area (Å²) in [6.07, 6.45) is -3.66. The van der Waals surface area contributed by atoms with Gasteiger partial charge in [-0.05, 0) is 12.1 Å². The van der Waals surface area contributed by atoms with E-state index in [-0.39, 0.29) is 29.9 Å². The zero-order valence-corrected chi connectivity index (χ0v) is 9.57. The van der Waals surface area contributed by atoms with Crippen LogP contribution in [0.25, 0.3) is 0 Å². The van der Waals surface area contributed by atoms with Gasteiger partial charge in [0, 0.05) is 24.2 Å². The third-order valence-electron chi connectivity index (χ3n) is 2.47. The van der Waals surface area contributed by atoms with Crippen molar-refractivity contribution in [3.8, 4) is 11.5 Å². The number of hydrogen-bond donors (Lipinski definition) is 2. The second-order valence-corrected chi connectivity index (χ2v) is 3.96. The smallest absolute Gasteiger partial charge is 0.395 e. The standard InChI is InChI=1S/C11H12F2N2O3/c1-6(5-14)10(16)15-7-2-3-8-9(4-7)18-11(12,13)17-8/h2-4,6H,5,14H2,1H3,(H,15,16). The number of anilines is 1. The van der Waals surface area contributed by atoms with Crippen molar-refractivity contribution in [3.05, 3.63) is 18.2 Å². The van der Waals surface area contributed by atoms with Gasteiger partial charge in [-0.2, -0.15) is 0 Å². The summed E-state index contributed by atoms with van der Waals surface area (Å²) in [5, 5.41) is 2.55. The van der Waals surface area contributed by atoms with Crippen LogP contribution in [0.2, 0.25) is 0 Å². The highest BCUT2D eigenvalue weighted by molar-refractivity contribution is 5.92. The van der Waals surface area contributed by atoms with Crippen LogP contribution in [0, 0.1) is 5.92 Å². The first kappa shape index (κ1) is 12.6. The van der Waals surface area contributed by atoms with Crippen LogP contribution in [0.1, 0.15) is 6.92 Å². The van der Waals surface area contributed by atoms with Gasteiger partial charge < -0.3 is 20.5 Å². The van der Waals surface area contributed by atoms with E-state index in [9.17, 15) is 13.6 Å². The Morgan fingerprint density at radius 3 is 2.78 bits per heavy atom. The molecule has 1 aromatic carbocycles. The molecule has 1 unspecified atom stereocenters. The number of carbonyl (C=O) groups is 1. The van der Waals surface area contributed by atoms with Gasteiger partial charge in [-0.25, -0.2) is 0 Å². The molecule has 5 nitrogen and oxygen atoms in total. The second-order valence-electron chi connectivity index (χ2n) is 3.96. The summed E-state index contributed by atoms with van der Waals surface area (Å²) in [6, 6.07) is 4.03. The number of amides is 1. The molecule has 1 amide bonds. The quantitative estimate of drug-likeness (QED) is 0.862. The number of fused-ring (bicyclic) bond motifs is 1. The van der Waals surface area contributed by atoms with E-state index in [0.717, 1.165) is 0 Å². The lowest BCUT2D eigenvalue weighted by Crippen LogP contribution is -2.26. The van der Waals surface area contributed by atoms with E-state index in [4.69, 9.17) is 5.73 Å². The molecule has 98 valence electrons. The number of nitrogens with two attached hydrogens (primary N) is 1. The number of nitrogens with one attached hydrogen (secondary N) is 1. The first-order valence-electron chi connectivity index (χ1n) is 5.32. The van der Waals surface area contributed by atoms with Gasteiger partial charge in [-0.15, -0.1) is 8.78 Å².